The molecule has 2 aromatic carbocycles. The van der Waals surface area contributed by atoms with Gasteiger partial charge in [-0.2, -0.15) is 0 Å². The number of fused-ring (bicyclic) bond motifs is 3. The van der Waals surface area contributed by atoms with E-state index in [4.69, 9.17) is 4.74 Å². The molecule has 0 radical (unpaired) electrons. The van der Waals surface area contributed by atoms with Gasteiger partial charge in [-0.1, -0.05) is 36.4 Å². The number of amides is 1. The van der Waals surface area contributed by atoms with Gasteiger partial charge in [0, 0.05) is 18.0 Å². The van der Waals surface area contributed by atoms with Gasteiger partial charge in [0.1, 0.15) is 6.61 Å². The Morgan fingerprint density at radius 3 is 2.75 bits per heavy atom. The van der Waals surface area contributed by atoms with E-state index < -0.39 is 12.1 Å². The molecule has 0 saturated carbocycles. The van der Waals surface area contributed by atoms with E-state index in [0.717, 1.165) is 5.56 Å². The molecule has 1 saturated heterocycles. The Morgan fingerprint density at radius 1 is 1.21 bits per heavy atom. The quantitative estimate of drug-likeness (QED) is 0.696. The number of ether oxygens (including phenoxy) is 1. The third-order valence-electron chi connectivity index (χ3n) is 4.64. The molecule has 122 valence electrons. The first-order chi connectivity index (χ1) is 11.6. The molecule has 5 heteroatoms. The first-order valence-electron chi connectivity index (χ1n) is 7.98. The average Bonchev–Trinajstić information content (AvgIpc) is 2.59. The molecule has 0 aliphatic carbocycles. The summed E-state index contributed by atoms with van der Waals surface area (Å²) >= 11 is 0. The summed E-state index contributed by atoms with van der Waals surface area (Å²) in [6.45, 7) is 0.199. The van der Waals surface area contributed by atoms with Crippen molar-refractivity contribution in [2.24, 2.45) is 0 Å². The Kier molecular flexibility index (Phi) is 3.58. The van der Waals surface area contributed by atoms with E-state index in [9.17, 15) is 14.7 Å². The number of nitrogens with zero attached hydrogens (tertiary/aromatic N) is 1. The van der Waals surface area contributed by atoms with Gasteiger partial charge in [-0.3, -0.25) is 4.79 Å². The van der Waals surface area contributed by atoms with Gasteiger partial charge in [0.15, 0.2) is 0 Å². The second kappa shape index (κ2) is 5.76. The van der Waals surface area contributed by atoms with Crippen LogP contribution in [-0.4, -0.2) is 23.0 Å². The lowest BCUT2D eigenvalue weighted by Crippen LogP contribution is -2.55. The summed E-state index contributed by atoms with van der Waals surface area (Å²) in [6.07, 6.45) is 0.416. The number of benzene rings is 2. The van der Waals surface area contributed by atoms with Crippen molar-refractivity contribution in [2.75, 3.05) is 4.90 Å². The number of rotatable bonds is 3. The van der Waals surface area contributed by atoms with E-state index in [1.54, 1.807) is 23.1 Å². The van der Waals surface area contributed by atoms with Gasteiger partial charge in [-0.25, -0.2) is 4.79 Å². The fourth-order valence-corrected chi connectivity index (χ4v) is 3.35. The Labute approximate surface area is 139 Å². The molecular weight excluding hydrogens is 306 g/mol. The van der Waals surface area contributed by atoms with Crippen molar-refractivity contribution in [3.05, 3.63) is 65.2 Å². The van der Waals surface area contributed by atoms with E-state index >= 15 is 0 Å². The van der Waals surface area contributed by atoms with Crippen LogP contribution >= 0.6 is 0 Å². The number of β-lactam (4-membered cyclic amide) rings is 1. The minimum atomic E-state index is -0.594. The lowest BCUT2D eigenvalue weighted by atomic mass is 9.85. The molecule has 2 heterocycles. The maximum Gasteiger partial charge on any atom is 0.338 e. The van der Waals surface area contributed by atoms with Crippen LogP contribution in [-0.2, 0) is 16.1 Å². The number of aliphatic hydroxyl groups is 1. The highest BCUT2D eigenvalue weighted by atomic mass is 16.5. The Hall–Kier alpha value is -2.66. The van der Waals surface area contributed by atoms with Gasteiger partial charge < -0.3 is 14.7 Å². The van der Waals surface area contributed by atoms with Crippen LogP contribution < -0.4 is 4.90 Å². The lowest BCUT2D eigenvalue weighted by molar-refractivity contribution is -0.125. The van der Waals surface area contributed by atoms with Crippen LogP contribution in [0.25, 0.3) is 0 Å². The molecule has 1 N–H and O–H groups in total. The molecule has 0 aromatic heterocycles. The normalized spacial score (nSPS) is 21.5. The van der Waals surface area contributed by atoms with Gasteiger partial charge in [0.05, 0.1) is 17.4 Å². The minimum absolute atomic E-state index is 0.0305. The van der Waals surface area contributed by atoms with E-state index in [1.165, 1.54) is 0 Å². The average molecular weight is 323 g/mol. The summed E-state index contributed by atoms with van der Waals surface area (Å²) in [5.74, 6) is -0.408. The van der Waals surface area contributed by atoms with Crippen LogP contribution in [0, 0.1) is 0 Å². The maximum atomic E-state index is 12.3. The van der Waals surface area contributed by atoms with Gasteiger partial charge in [0.2, 0.25) is 5.91 Å². The zero-order valence-electron chi connectivity index (χ0n) is 13.0. The van der Waals surface area contributed by atoms with E-state index in [1.807, 2.05) is 30.3 Å². The Morgan fingerprint density at radius 2 is 2.00 bits per heavy atom. The maximum absolute atomic E-state index is 12.3. The molecule has 5 nitrogen and oxygen atoms in total. The van der Waals surface area contributed by atoms with Crippen LogP contribution in [0.5, 0.6) is 0 Å². The molecule has 24 heavy (non-hydrogen) atoms. The summed E-state index contributed by atoms with van der Waals surface area (Å²) in [7, 11) is 0. The standard InChI is InChI=1S/C19H17NO4/c21-17-9-14-10-18(22)20(14)16-8-13(6-7-15(16)17)19(23)24-11-12-4-2-1-3-5-12/h1-8,14,17,21H,9-11H2. The smallest absolute Gasteiger partial charge is 0.338 e. The molecule has 4 rings (SSSR count). The van der Waals surface area contributed by atoms with Crippen LogP contribution in [0.4, 0.5) is 5.69 Å². The second-order valence-corrected chi connectivity index (χ2v) is 6.21. The summed E-state index contributed by atoms with van der Waals surface area (Å²) in [5, 5.41) is 10.2. The van der Waals surface area contributed by atoms with E-state index in [0.29, 0.717) is 29.7 Å². The third kappa shape index (κ3) is 2.47. The molecule has 1 fully saturated rings. The molecule has 0 bridgehead atoms. The second-order valence-electron chi connectivity index (χ2n) is 6.21. The summed E-state index contributed by atoms with van der Waals surface area (Å²) in [5.41, 5.74) is 2.62. The highest BCUT2D eigenvalue weighted by Gasteiger charge is 2.43. The number of hydrogen-bond donors (Lipinski definition) is 1. The molecule has 2 aromatic rings. The fourth-order valence-electron chi connectivity index (χ4n) is 3.35. The van der Waals surface area contributed by atoms with E-state index in [2.05, 4.69) is 0 Å². The zero-order chi connectivity index (χ0) is 16.7. The van der Waals surface area contributed by atoms with Crippen molar-refractivity contribution in [1.82, 2.24) is 0 Å². The summed E-state index contributed by atoms with van der Waals surface area (Å²) in [4.78, 5) is 25.8. The molecule has 0 spiro atoms. The lowest BCUT2D eigenvalue weighted by Gasteiger charge is -2.46. The van der Waals surface area contributed by atoms with Gasteiger partial charge >= 0.3 is 5.97 Å². The van der Waals surface area contributed by atoms with Crippen LogP contribution in [0.15, 0.2) is 48.5 Å². The number of hydrogen-bond acceptors (Lipinski definition) is 4. The van der Waals surface area contributed by atoms with Crippen molar-refractivity contribution in [2.45, 2.75) is 31.6 Å². The molecule has 2 aliphatic heterocycles. The molecular formula is C19H17NO4. The predicted molar refractivity (Wildman–Crippen MR) is 87.5 cm³/mol. The SMILES string of the molecule is O=C(OCc1ccccc1)c1ccc2c(c1)N1C(=O)CC1CC2O. The van der Waals surface area contributed by atoms with Crippen molar-refractivity contribution >= 4 is 17.6 Å². The number of carbonyl (C=O) groups excluding carboxylic acids is 2. The summed E-state index contributed by atoms with van der Waals surface area (Å²) < 4.78 is 5.33. The van der Waals surface area contributed by atoms with E-state index in [-0.39, 0.29) is 18.6 Å². The highest BCUT2D eigenvalue weighted by molar-refractivity contribution is 6.03. The number of carbonyl (C=O) groups is 2. The Balaban J connectivity index is 1.55. The topological polar surface area (TPSA) is 66.8 Å². The van der Waals surface area contributed by atoms with Gasteiger partial charge in [-0.15, -0.1) is 0 Å². The van der Waals surface area contributed by atoms with Gasteiger partial charge in [-0.05, 0) is 24.1 Å². The molecule has 2 atom stereocenters. The van der Waals surface area contributed by atoms with Crippen LogP contribution in [0.2, 0.25) is 0 Å². The number of esters is 1. The first kappa shape index (κ1) is 14.9. The monoisotopic (exact) mass is 323 g/mol. The fraction of sp³-hybridized carbons (Fsp3) is 0.263. The van der Waals surface area contributed by atoms with Crippen molar-refractivity contribution < 1.29 is 19.4 Å². The van der Waals surface area contributed by atoms with Crippen LogP contribution in [0.1, 0.15) is 40.4 Å². The third-order valence-corrected chi connectivity index (χ3v) is 4.64. The zero-order valence-corrected chi connectivity index (χ0v) is 13.0. The summed E-state index contributed by atoms with van der Waals surface area (Å²) in [6, 6.07) is 14.5. The number of aliphatic hydroxyl groups excluding tert-OH is 1. The minimum Gasteiger partial charge on any atom is -0.457 e. The largest absolute Gasteiger partial charge is 0.457 e. The molecule has 2 aliphatic rings. The molecule has 2 unspecified atom stereocenters. The van der Waals surface area contributed by atoms with Crippen molar-refractivity contribution in [1.29, 1.82) is 0 Å². The van der Waals surface area contributed by atoms with Crippen molar-refractivity contribution in [3.8, 4) is 0 Å². The Bertz CT molecular complexity index is 802. The predicted octanol–water partition coefficient (Wildman–Crippen LogP) is 2.59. The first-order valence-corrected chi connectivity index (χ1v) is 7.98. The van der Waals surface area contributed by atoms with Crippen molar-refractivity contribution in [3.63, 3.8) is 0 Å². The number of anilines is 1. The van der Waals surface area contributed by atoms with Gasteiger partial charge in [0.25, 0.3) is 0 Å². The highest BCUT2D eigenvalue weighted by Crippen LogP contribution is 2.43. The molecule has 1 amide bonds. The van der Waals surface area contributed by atoms with Crippen LogP contribution in [0.3, 0.4) is 0 Å².